The Bertz CT molecular complexity index is 1270. The summed E-state index contributed by atoms with van der Waals surface area (Å²) in [5, 5.41) is 12.5. The molecule has 36 heavy (non-hydrogen) atoms. The molecular weight excluding hydrogens is 453 g/mol. The zero-order valence-electron chi connectivity index (χ0n) is 20.7. The number of carbonyl (C=O) groups is 1. The summed E-state index contributed by atoms with van der Waals surface area (Å²) in [5.41, 5.74) is 3.43. The van der Waals surface area contributed by atoms with E-state index in [0.717, 1.165) is 62.4 Å². The molecule has 1 aliphatic carbocycles. The first kappa shape index (κ1) is 24.1. The summed E-state index contributed by atoms with van der Waals surface area (Å²) in [7, 11) is 2.06. The van der Waals surface area contributed by atoms with E-state index in [1.54, 1.807) is 6.07 Å². The van der Waals surface area contributed by atoms with E-state index in [4.69, 9.17) is 4.98 Å². The molecule has 0 radical (unpaired) electrons. The molecular formula is C29H32FN5O. The monoisotopic (exact) mass is 485 g/mol. The number of hydrogen-bond acceptors (Lipinski definition) is 4. The number of hydrogen-bond donors (Lipinski definition) is 1. The molecule has 5 rings (SSSR count). The molecule has 2 aromatic carbocycles. The second-order valence-corrected chi connectivity index (χ2v) is 10.3. The van der Waals surface area contributed by atoms with E-state index in [1.165, 1.54) is 17.7 Å². The number of benzene rings is 2. The van der Waals surface area contributed by atoms with Gasteiger partial charge in [-0.05, 0) is 55.4 Å². The van der Waals surface area contributed by atoms with E-state index in [-0.39, 0.29) is 17.1 Å². The first-order chi connectivity index (χ1) is 17.5. The molecule has 1 saturated carbocycles. The summed E-state index contributed by atoms with van der Waals surface area (Å²) in [4.78, 5) is 19.8. The van der Waals surface area contributed by atoms with E-state index >= 15 is 0 Å². The average molecular weight is 486 g/mol. The maximum absolute atomic E-state index is 13.5. The second-order valence-electron chi connectivity index (χ2n) is 10.3. The van der Waals surface area contributed by atoms with Gasteiger partial charge in [-0.15, -0.1) is 0 Å². The summed E-state index contributed by atoms with van der Waals surface area (Å²) >= 11 is 0. The van der Waals surface area contributed by atoms with Crippen molar-refractivity contribution in [2.45, 2.75) is 43.9 Å². The van der Waals surface area contributed by atoms with Gasteiger partial charge >= 0.3 is 0 Å². The zero-order valence-corrected chi connectivity index (χ0v) is 20.7. The molecule has 3 aromatic rings. The minimum atomic E-state index is -0.390. The van der Waals surface area contributed by atoms with Crippen molar-refractivity contribution in [3.05, 3.63) is 83.2 Å². The Morgan fingerprint density at radius 3 is 2.64 bits per heavy atom. The minimum Gasteiger partial charge on any atom is -0.370 e. The lowest BCUT2D eigenvalue weighted by Crippen LogP contribution is -2.39. The normalized spacial score (nSPS) is 17.0. The van der Waals surface area contributed by atoms with Gasteiger partial charge in [-0.3, -0.25) is 4.79 Å². The van der Waals surface area contributed by atoms with Crippen LogP contribution in [0.15, 0.2) is 54.7 Å². The summed E-state index contributed by atoms with van der Waals surface area (Å²) in [6.07, 6.45) is 7.10. The fraction of sp³-hybridized carbons (Fsp3) is 0.414. The Balaban J connectivity index is 1.12. The molecule has 2 aliphatic rings. The van der Waals surface area contributed by atoms with Crippen LogP contribution in [0.1, 0.15) is 54.7 Å². The number of imidazole rings is 1. The highest BCUT2D eigenvalue weighted by Gasteiger charge is 2.49. The van der Waals surface area contributed by atoms with Gasteiger partial charge in [-0.2, -0.15) is 5.26 Å². The van der Waals surface area contributed by atoms with Crippen molar-refractivity contribution in [2.75, 3.05) is 24.5 Å². The van der Waals surface area contributed by atoms with Crippen LogP contribution < -0.4 is 10.2 Å². The van der Waals surface area contributed by atoms with Crippen LogP contribution in [0.25, 0.3) is 0 Å². The number of anilines is 1. The van der Waals surface area contributed by atoms with E-state index < -0.39 is 0 Å². The molecule has 1 aliphatic heterocycles. The van der Waals surface area contributed by atoms with Crippen LogP contribution in [-0.4, -0.2) is 35.1 Å². The summed E-state index contributed by atoms with van der Waals surface area (Å²) in [6, 6.07) is 16.9. The van der Waals surface area contributed by atoms with Crippen LogP contribution >= 0.6 is 0 Å². The van der Waals surface area contributed by atoms with Crippen LogP contribution in [0.3, 0.4) is 0 Å². The largest absolute Gasteiger partial charge is 0.370 e. The lowest BCUT2D eigenvalue weighted by molar-refractivity contribution is -0.121. The number of halogens is 1. The van der Waals surface area contributed by atoms with Crippen molar-refractivity contribution >= 4 is 11.6 Å². The lowest BCUT2D eigenvalue weighted by Gasteiger charge is -2.34. The lowest BCUT2D eigenvalue weighted by atomic mass is 9.95. The van der Waals surface area contributed by atoms with E-state index in [9.17, 15) is 14.4 Å². The molecule has 186 valence electrons. The predicted molar refractivity (Wildman–Crippen MR) is 137 cm³/mol. The standard InChI is InChI=1S/C29H32FN5O/c1-34-25(15-21-5-3-2-4-6-21)20-33-28(34)29(11-12-29)17-27(36)32-19-22-9-13-35(14-10-22)26-8-7-24(30)16-23(26)18-31/h2-8,16,20,22H,9-15,17,19H2,1H3,(H,32,36). The minimum absolute atomic E-state index is 0.0906. The summed E-state index contributed by atoms with van der Waals surface area (Å²) in [6.45, 7) is 2.25. The SMILES string of the molecule is Cn1c(Cc2ccccc2)cnc1C1(CC(=O)NCC2CCN(c3ccc(F)cc3C#N)CC2)CC1. The van der Waals surface area contributed by atoms with Gasteiger partial charge in [0.1, 0.15) is 17.7 Å². The second kappa shape index (κ2) is 10.1. The summed E-state index contributed by atoms with van der Waals surface area (Å²) in [5.74, 6) is 1.12. The van der Waals surface area contributed by atoms with Crippen molar-refractivity contribution in [1.29, 1.82) is 5.26 Å². The Hall–Kier alpha value is -3.66. The molecule has 2 heterocycles. The molecule has 6 nitrogen and oxygen atoms in total. The van der Waals surface area contributed by atoms with Crippen LogP contribution in [0.4, 0.5) is 10.1 Å². The molecule has 0 spiro atoms. The zero-order chi connectivity index (χ0) is 25.1. The smallest absolute Gasteiger partial charge is 0.221 e. The number of carbonyl (C=O) groups excluding carboxylic acids is 1. The van der Waals surface area contributed by atoms with Gasteiger partial charge in [-0.25, -0.2) is 9.37 Å². The average Bonchev–Trinajstić information content (AvgIpc) is 3.58. The van der Waals surface area contributed by atoms with Gasteiger partial charge in [-0.1, -0.05) is 30.3 Å². The van der Waals surface area contributed by atoms with Crippen molar-refractivity contribution in [2.24, 2.45) is 13.0 Å². The van der Waals surface area contributed by atoms with Crippen molar-refractivity contribution < 1.29 is 9.18 Å². The molecule has 1 amide bonds. The quantitative estimate of drug-likeness (QED) is 0.511. The Morgan fingerprint density at radius 2 is 1.94 bits per heavy atom. The Labute approximate surface area is 211 Å². The number of nitrogens with one attached hydrogen (secondary N) is 1. The fourth-order valence-corrected chi connectivity index (χ4v) is 5.42. The van der Waals surface area contributed by atoms with Crippen molar-refractivity contribution in [3.8, 4) is 6.07 Å². The molecule has 1 saturated heterocycles. The number of nitrogens with zero attached hydrogens (tertiary/aromatic N) is 4. The first-order valence-electron chi connectivity index (χ1n) is 12.7. The molecule has 7 heteroatoms. The van der Waals surface area contributed by atoms with Gasteiger partial charge in [0.2, 0.25) is 5.91 Å². The van der Waals surface area contributed by atoms with Gasteiger partial charge in [0.15, 0.2) is 0 Å². The Morgan fingerprint density at radius 1 is 1.19 bits per heavy atom. The third kappa shape index (κ3) is 5.13. The molecule has 0 unspecified atom stereocenters. The molecule has 1 aromatic heterocycles. The van der Waals surface area contributed by atoms with Crippen LogP contribution in [-0.2, 0) is 23.7 Å². The maximum atomic E-state index is 13.5. The van der Waals surface area contributed by atoms with Gasteiger partial charge < -0.3 is 14.8 Å². The molecule has 2 fully saturated rings. The van der Waals surface area contributed by atoms with Crippen LogP contribution in [0.5, 0.6) is 0 Å². The van der Waals surface area contributed by atoms with Crippen molar-refractivity contribution in [3.63, 3.8) is 0 Å². The highest BCUT2D eigenvalue weighted by molar-refractivity contribution is 5.78. The molecule has 0 bridgehead atoms. The van der Waals surface area contributed by atoms with E-state index in [1.807, 2.05) is 12.3 Å². The van der Waals surface area contributed by atoms with Gasteiger partial charge in [0, 0.05) is 56.8 Å². The Kier molecular flexibility index (Phi) is 6.77. The van der Waals surface area contributed by atoms with Crippen molar-refractivity contribution in [1.82, 2.24) is 14.9 Å². The van der Waals surface area contributed by atoms with Gasteiger partial charge in [0.05, 0.1) is 11.3 Å². The number of piperidine rings is 1. The summed E-state index contributed by atoms with van der Waals surface area (Å²) < 4.78 is 15.6. The van der Waals surface area contributed by atoms with Gasteiger partial charge in [0.25, 0.3) is 0 Å². The molecule has 1 N–H and O–H groups in total. The van der Waals surface area contributed by atoms with Crippen LogP contribution in [0, 0.1) is 23.1 Å². The third-order valence-electron chi connectivity index (χ3n) is 7.76. The number of nitriles is 1. The maximum Gasteiger partial charge on any atom is 0.221 e. The number of aromatic nitrogens is 2. The first-order valence-corrected chi connectivity index (χ1v) is 12.7. The highest BCUT2D eigenvalue weighted by atomic mass is 19.1. The third-order valence-corrected chi connectivity index (χ3v) is 7.76. The molecule has 0 atom stereocenters. The van der Waals surface area contributed by atoms with E-state index in [2.05, 4.69) is 52.2 Å². The predicted octanol–water partition coefficient (Wildman–Crippen LogP) is 4.48. The van der Waals surface area contributed by atoms with E-state index in [0.29, 0.717) is 24.4 Å². The topological polar surface area (TPSA) is 74.0 Å². The number of rotatable bonds is 8. The van der Waals surface area contributed by atoms with Crippen LogP contribution in [0.2, 0.25) is 0 Å². The number of amides is 1. The fourth-order valence-electron chi connectivity index (χ4n) is 5.42. The highest BCUT2D eigenvalue weighted by Crippen LogP contribution is 2.50.